The van der Waals surface area contributed by atoms with E-state index in [0.29, 0.717) is 10.7 Å². The highest BCUT2D eigenvalue weighted by atomic mass is 35.5. The second-order valence-electron chi connectivity index (χ2n) is 6.37. The van der Waals surface area contributed by atoms with Gasteiger partial charge in [-0.05, 0) is 48.5 Å². The third-order valence-electron chi connectivity index (χ3n) is 4.19. The molecule has 0 aromatic heterocycles. The van der Waals surface area contributed by atoms with Crippen LogP contribution in [-0.2, 0) is 0 Å². The number of halogens is 2. The van der Waals surface area contributed by atoms with Crippen molar-refractivity contribution in [3.05, 3.63) is 104 Å². The number of hydrogen-bond donors (Lipinski definition) is 3. The molecule has 0 saturated carbocycles. The van der Waals surface area contributed by atoms with E-state index in [-0.39, 0.29) is 27.4 Å². The van der Waals surface area contributed by atoms with Gasteiger partial charge in [0.2, 0.25) is 0 Å². The van der Waals surface area contributed by atoms with Crippen LogP contribution in [0, 0.1) is 10.1 Å². The van der Waals surface area contributed by atoms with Crippen molar-refractivity contribution >= 4 is 52.3 Å². The molecule has 3 aromatic rings. The third-order valence-corrected chi connectivity index (χ3v) is 4.74. The van der Waals surface area contributed by atoms with Gasteiger partial charge in [0.25, 0.3) is 23.4 Å². The number of carbonyl (C=O) groups excluding carboxylic acids is 3. The summed E-state index contributed by atoms with van der Waals surface area (Å²) in [7, 11) is 0. The fraction of sp³-hybridized carbons (Fsp3) is 0. The molecule has 0 atom stereocenters. The lowest BCUT2D eigenvalue weighted by Gasteiger charge is -2.10. The molecule has 0 bridgehead atoms. The van der Waals surface area contributed by atoms with E-state index >= 15 is 0 Å². The van der Waals surface area contributed by atoms with Gasteiger partial charge in [0.05, 0.1) is 15.5 Å². The molecule has 3 amide bonds. The maximum absolute atomic E-state index is 12.4. The summed E-state index contributed by atoms with van der Waals surface area (Å²) < 4.78 is 0. The van der Waals surface area contributed by atoms with Gasteiger partial charge in [-0.2, -0.15) is 0 Å². The first-order chi connectivity index (χ1) is 15.2. The number of hydrogen-bond acceptors (Lipinski definition) is 5. The molecule has 9 nitrogen and oxygen atoms in total. The summed E-state index contributed by atoms with van der Waals surface area (Å²) in [4.78, 5) is 47.1. The van der Waals surface area contributed by atoms with E-state index in [4.69, 9.17) is 23.2 Å². The molecular formula is C21H14Cl2N4O5. The summed E-state index contributed by atoms with van der Waals surface area (Å²) in [5, 5.41) is 13.8. The van der Waals surface area contributed by atoms with Crippen LogP contribution >= 0.6 is 23.2 Å². The largest absolute Gasteiger partial charge is 0.322 e. The van der Waals surface area contributed by atoms with Crippen LogP contribution in [0.1, 0.15) is 31.1 Å². The van der Waals surface area contributed by atoms with Crippen molar-refractivity contribution in [3.8, 4) is 0 Å². The molecule has 32 heavy (non-hydrogen) atoms. The Balaban J connectivity index is 1.63. The van der Waals surface area contributed by atoms with Gasteiger partial charge >= 0.3 is 0 Å². The molecule has 3 rings (SSSR count). The third kappa shape index (κ3) is 5.60. The molecule has 0 heterocycles. The molecule has 3 N–H and O–H groups in total. The van der Waals surface area contributed by atoms with Gasteiger partial charge in [-0.3, -0.25) is 35.3 Å². The normalized spacial score (nSPS) is 10.2. The Kier molecular flexibility index (Phi) is 7.04. The van der Waals surface area contributed by atoms with Gasteiger partial charge in [0, 0.05) is 34.0 Å². The van der Waals surface area contributed by atoms with Gasteiger partial charge in [0.1, 0.15) is 0 Å². The fourth-order valence-corrected chi connectivity index (χ4v) is 3.10. The van der Waals surface area contributed by atoms with Crippen LogP contribution < -0.4 is 16.2 Å². The summed E-state index contributed by atoms with van der Waals surface area (Å²) in [6.07, 6.45) is 0. The fourth-order valence-electron chi connectivity index (χ4n) is 2.60. The Labute approximate surface area is 191 Å². The number of carbonyl (C=O) groups is 3. The summed E-state index contributed by atoms with van der Waals surface area (Å²) in [6.45, 7) is 0. The predicted molar refractivity (Wildman–Crippen MR) is 119 cm³/mol. The minimum absolute atomic E-state index is 0.125. The van der Waals surface area contributed by atoms with Crippen LogP contribution in [-0.4, -0.2) is 22.6 Å². The second-order valence-corrected chi connectivity index (χ2v) is 7.21. The number of nitrogens with zero attached hydrogens (tertiary/aromatic N) is 1. The van der Waals surface area contributed by atoms with Crippen molar-refractivity contribution in [2.24, 2.45) is 0 Å². The minimum Gasteiger partial charge on any atom is -0.322 e. The number of nitrogens with one attached hydrogen (secondary N) is 3. The summed E-state index contributed by atoms with van der Waals surface area (Å²) >= 11 is 11.8. The second kappa shape index (κ2) is 9.90. The zero-order chi connectivity index (χ0) is 23.3. The molecule has 11 heteroatoms. The molecule has 0 spiro atoms. The lowest BCUT2D eigenvalue weighted by atomic mass is 10.1. The van der Waals surface area contributed by atoms with Crippen molar-refractivity contribution in [3.63, 3.8) is 0 Å². The van der Waals surface area contributed by atoms with E-state index in [1.165, 1.54) is 60.7 Å². The highest BCUT2D eigenvalue weighted by Gasteiger charge is 2.14. The van der Waals surface area contributed by atoms with Crippen LogP contribution in [0.3, 0.4) is 0 Å². The van der Waals surface area contributed by atoms with E-state index in [9.17, 15) is 24.5 Å². The number of amides is 3. The number of non-ortho nitro benzene ring substituents is 1. The molecule has 3 aromatic carbocycles. The van der Waals surface area contributed by atoms with E-state index in [1.807, 2.05) is 0 Å². The molecular weight excluding hydrogens is 459 g/mol. The Morgan fingerprint density at radius 2 is 1.47 bits per heavy atom. The van der Waals surface area contributed by atoms with E-state index in [2.05, 4.69) is 16.2 Å². The molecule has 0 radical (unpaired) electrons. The van der Waals surface area contributed by atoms with Crippen LogP contribution in [0.4, 0.5) is 11.4 Å². The zero-order valence-corrected chi connectivity index (χ0v) is 17.6. The Bertz CT molecular complexity index is 1220. The molecule has 0 aliphatic rings. The summed E-state index contributed by atoms with van der Waals surface area (Å²) in [5.41, 5.74) is 5.18. The first kappa shape index (κ1) is 22.7. The average molecular weight is 473 g/mol. The first-order valence-corrected chi connectivity index (χ1v) is 9.72. The van der Waals surface area contributed by atoms with E-state index in [0.717, 1.165) is 0 Å². The van der Waals surface area contributed by atoms with E-state index < -0.39 is 22.6 Å². The van der Waals surface area contributed by atoms with Crippen LogP contribution in [0.15, 0.2) is 66.7 Å². The van der Waals surface area contributed by atoms with Gasteiger partial charge < -0.3 is 5.32 Å². The standard InChI is InChI=1S/C21H14Cl2N4O5/c22-14-6-9-17(18(23)11-14)21(30)26-25-20(29)13-2-1-3-15(10-13)24-19(28)12-4-7-16(8-5-12)27(31)32/h1-11H,(H,24,28)(H,25,29)(H,26,30). The number of hydrazine groups is 1. The van der Waals surface area contributed by atoms with Crippen LogP contribution in [0.5, 0.6) is 0 Å². The number of anilines is 1. The average Bonchev–Trinajstić information content (AvgIpc) is 2.77. The van der Waals surface area contributed by atoms with Crippen molar-refractivity contribution in [1.82, 2.24) is 10.9 Å². The first-order valence-electron chi connectivity index (χ1n) is 8.96. The smallest absolute Gasteiger partial charge is 0.271 e. The predicted octanol–water partition coefficient (Wildman–Crippen LogP) is 4.23. The SMILES string of the molecule is O=C(NNC(=O)c1ccc(Cl)cc1Cl)c1cccc(NC(=O)c2ccc([N+](=O)[O-])cc2)c1. The molecule has 162 valence electrons. The molecule has 0 aliphatic heterocycles. The Morgan fingerprint density at radius 3 is 2.12 bits per heavy atom. The monoisotopic (exact) mass is 472 g/mol. The van der Waals surface area contributed by atoms with Gasteiger partial charge in [-0.1, -0.05) is 29.3 Å². The topological polar surface area (TPSA) is 130 Å². The molecule has 0 fully saturated rings. The molecule has 0 unspecified atom stereocenters. The van der Waals surface area contributed by atoms with Gasteiger partial charge in [-0.15, -0.1) is 0 Å². The number of rotatable bonds is 5. The highest BCUT2D eigenvalue weighted by molar-refractivity contribution is 6.36. The maximum Gasteiger partial charge on any atom is 0.271 e. The van der Waals surface area contributed by atoms with E-state index in [1.54, 1.807) is 6.07 Å². The van der Waals surface area contributed by atoms with Crippen molar-refractivity contribution in [1.29, 1.82) is 0 Å². The molecule has 0 saturated heterocycles. The molecule has 0 aliphatic carbocycles. The number of nitro benzene ring substituents is 1. The number of nitro groups is 1. The maximum atomic E-state index is 12.4. The Hall–Kier alpha value is -3.95. The summed E-state index contributed by atoms with van der Waals surface area (Å²) in [6, 6.07) is 15.4. The lowest BCUT2D eigenvalue weighted by Crippen LogP contribution is -2.41. The minimum atomic E-state index is -0.636. The van der Waals surface area contributed by atoms with Gasteiger partial charge in [0.15, 0.2) is 0 Å². The van der Waals surface area contributed by atoms with Crippen LogP contribution in [0.2, 0.25) is 10.0 Å². The van der Waals surface area contributed by atoms with Crippen molar-refractivity contribution in [2.75, 3.05) is 5.32 Å². The summed E-state index contributed by atoms with van der Waals surface area (Å²) in [5.74, 6) is -1.78. The van der Waals surface area contributed by atoms with Crippen molar-refractivity contribution < 1.29 is 19.3 Å². The lowest BCUT2D eigenvalue weighted by molar-refractivity contribution is -0.384. The Morgan fingerprint density at radius 1 is 0.781 bits per heavy atom. The van der Waals surface area contributed by atoms with Crippen molar-refractivity contribution in [2.45, 2.75) is 0 Å². The zero-order valence-electron chi connectivity index (χ0n) is 16.1. The highest BCUT2D eigenvalue weighted by Crippen LogP contribution is 2.20. The van der Waals surface area contributed by atoms with Gasteiger partial charge in [-0.25, -0.2) is 0 Å². The van der Waals surface area contributed by atoms with Crippen LogP contribution in [0.25, 0.3) is 0 Å². The number of benzene rings is 3. The quantitative estimate of drug-likeness (QED) is 0.377.